The van der Waals surface area contributed by atoms with Crippen molar-refractivity contribution < 1.29 is 26.3 Å². The van der Waals surface area contributed by atoms with E-state index in [9.17, 15) is 26.3 Å². The van der Waals surface area contributed by atoms with Crippen LogP contribution in [0.1, 0.15) is 11.4 Å². The molecular formula is C17H14F6N5P. The monoisotopic (exact) mass is 433 g/mol. The highest BCUT2D eigenvalue weighted by Gasteiger charge is 2.37. The lowest BCUT2D eigenvalue weighted by Crippen LogP contribution is -2.20. The van der Waals surface area contributed by atoms with E-state index in [1.54, 1.807) is 0 Å². The van der Waals surface area contributed by atoms with E-state index in [1.807, 2.05) is 39.6 Å². The molecule has 0 amide bonds. The number of halogens is 6. The summed E-state index contributed by atoms with van der Waals surface area (Å²) in [6.07, 6.45) is -8.71. The molecule has 0 aliphatic carbocycles. The summed E-state index contributed by atoms with van der Waals surface area (Å²) in [5, 5.41) is 0. The van der Waals surface area contributed by atoms with Gasteiger partial charge in [0.25, 0.3) is 0 Å². The topological polar surface area (TPSA) is 90.7 Å². The van der Waals surface area contributed by atoms with E-state index in [2.05, 4.69) is 15.0 Å². The van der Waals surface area contributed by atoms with Crippen LogP contribution in [0.5, 0.6) is 0 Å². The minimum absolute atomic E-state index is 0.0952. The second kappa shape index (κ2) is 8.60. The molecule has 3 rings (SSSR count). The zero-order chi connectivity index (χ0) is 21.8. The van der Waals surface area contributed by atoms with Gasteiger partial charge in [0.15, 0.2) is 11.5 Å². The molecular weight excluding hydrogens is 419 g/mol. The predicted molar refractivity (Wildman–Crippen MR) is 99.9 cm³/mol. The fraction of sp³-hybridized carbons (Fsp3) is 0.118. The van der Waals surface area contributed by atoms with Gasteiger partial charge in [-0.25, -0.2) is 9.97 Å². The van der Waals surface area contributed by atoms with Crippen LogP contribution in [0.2, 0.25) is 0 Å². The summed E-state index contributed by atoms with van der Waals surface area (Å²) in [6.45, 7) is 0. The molecule has 154 valence electrons. The Morgan fingerprint density at radius 1 is 0.793 bits per heavy atom. The number of nitrogens with zero attached hydrogens (tertiary/aromatic N) is 3. The average Bonchev–Trinajstić information content (AvgIpc) is 2.63. The Morgan fingerprint density at radius 3 is 1.83 bits per heavy atom. The van der Waals surface area contributed by atoms with Crippen molar-refractivity contribution in [2.45, 2.75) is 12.4 Å². The largest absolute Gasteiger partial charge is 0.435 e. The van der Waals surface area contributed by atoms with Gasteiger partial charge in [0, 0.05) is 17.4 Å². The van der Waals surface area contributed by atoms with Crippen LogP contribution in [-0.4, -0.2) is 15.0 Å². The third-order valence-corrected chi connectivity index (χ3v) is 3.80. The second-order valence-electron chi connectivity index (χ2n) is 5.53. The van der Waals surface area contributed by atoms with Gasteiger partial charge in [-0.05, 0) is 24.3 Å². The Hall–Kier alpha value is -2.94. The quantitative estimate of drug-likeness (QED) is 0.345. The average molecular weight is 433 g/mol. The first kappa shape index (κ1) is 22.4. The lowest BCUT2D eigenvalue weighted by molar-refractivity contribution is -0.141. The number of pyridine rings is 1. The maximum Gasteiger partial charge on any atom is 0.435 e. The predicted octanol–water partition coefficient (Wildman–Crippen LogP) is 3.93. The number of anilines is 2. The number of aromatic nitrogens is 3. The van der Waals surface area contributed by atoms with Crippen molar-refractivity contribution in [3.63, 3.8) is 0 Å². The van der Waals surface area contributed by atoms with Gasteiger partial charge >= 0.3 is 12.4 Å². The Kier molecular flexibility index (Phi) is 6.63. The van der Waals surface area contributed by atoms with Gasteiger partial charge in [0.1, 0.15) is 5.69 Å². The molecule has 3 aromatic rings. The number of benzene rings is 1. The number of nitrogens with two attached hydrogens (primary N) is 2. The molecule has 29 heavy (non-hydrogen) atoms. The third kappa shape index (κ3) is 6.02. The van der Waals surface area contributed by atoms with Crippen molar-refractivity contribution in [1.82, 2.24) is 15.0 Å². The van der Waals surface area contributed by atoms with Crippen LogP contribution in [0.25, 0.3) is 11.4 Å². The van der Waals surface area contributed by atoms with E-state index in [4.69, 9.17) is 11.5 Å². The van der Waals surface area contributed by atoms with Crippen LogP contribution < -0.4 is 16.9 Å². The number of para-hydroxylation sites is 1. The van der Waals surface area contributed by atoms with Crippen LogP contribution in [-0.2, 0) is 12.4 Å². The Morgan fingerprint density at radius 2 is 1.41 bits per heavy atom. The van der Waals surface area contributed by atoms with Gasteiger partial charge in [0.05, 0.1) is 11.1 Å². The molecule has 0 spiro atoms. The van der Waals surface area contributed by atoms with Gasteiger partial charge in [-0.15, -0.1) is 0 Å². The molecule has 1 unspecified atom stereocenters. The van der Waals surface area contributed by atoms with Crippen molar-refractivity contribution in [2.75, 3.05) is 11.5 Å². The minimum Gasteiger partial charge on any atom is -0.399 e. The van der Waals surface area contributed by atoms with E-state index < -0.39 is 35.3 Å². The van der Waals surface area contributed by atoms with Gasteiger partial charge in [-0.2, -0.15) is 26.3 Å². The molecule has 0 saturated heterocycles. The van der Waals surface area contributed by atoms with Gasteiger partial charge in [-0.1, -0.05) is 27.4 Å². The number of rotatable bonds is 1. The van der Waals surface area contributed by atoms with Crippen LogP contribution >= 0.6 is 9.24 Å². The molecule has 2 heterocycles. The second-order valence-corrected chi connectivity index (χ2v) is 6.08. The first-order valence-corrected chi connectivity index (χ1v) is 8.31. The summed E-state index contributed by atoms with van der Waals surface area (Å²) in [7, 11) is 1.92. The van der Waals surface area contributed by atoms with E-state index in [0.717, 1.165) is 18.0 Å². The lowest BCUT2D eigenvalue weighted by atomic mass is 10.2. The van der Waals surface area contributed by atoms with E-state index in [-0.39, 0.29) is 11.0 Å². The van der Waals surface area contributed by atoms with Gasteiger partial charge in [0.2, 0.25) is 0 Å². The van der Waals surface area contributed by atoms with Crippen LogP contribution in [0.15, 0.2) is 48.7 Å². The smallest absolute Gasteiger partial charge is 0.399 e. The van der Waals surface area contributed by atoms with E-state index >= 15 is 0 Å². The zero-order valence-electron chi connectivity index (χ0n) is 14.5. The van der Waals surface area contributed by atoms with Crippen molar-refractivity contribution in [1.29, 1.82) is 0 Å². The fourth-order valence-corrected chi connectivity index (χ4v) is 2.24. The Labute approximate surface area is 163 Å². The van der Waals surface area contributed by atoms with Gasteiger partial charge in [-0.3, -0.25) is 4.98 Å². The van der Waals surface area contributed by atoms with Crippen molar-refractivity contribution in [3.8, 4) is 11.4 Å². The zero-order valence-corrected chi connectivity index (χ0v) is 15.6. The molecule has 0 saturated carbocycles. The molecule has 4 N–H and O–H groups in total. The summed E-state index contributed by atoms with van der Waals surface area (Å²) < 4.78 is 75.6. The summed E-state index contributed by atoms with van der Waals surface area (Å²) in [4.78, 5) is 10.1. The molecule has 0 bridgehead atoms. The highest BCUT2D eigenvalue weighted by Crippen LogP contribution is 2.33. The summed E-state index contributed by atoms with van der Waals surface area (Å²) >= 11 is 0. The minimum atomic E-state index is -4.81. The Bertz CT molecular complexity index is 959. The molecule has 12 heteroatoms. The molecule has 0 aliphatic rings. The number of hydrogen-bond acceptors (Lipinski definition) is 5. The van der Waals surface area contributed by atoms with Crippen molar-refractivity contribution in [2.24, 2.45) is 0 Å². The molecule has 0 aliphatic heterocycles. The maximum atomic E-state index is 12.8. The van der Waals surface area contributed by atoms with Crippen LogP contribution in [0.3, 0.4) is 0 Å². The molecule has 2 aromatic heterocycles. The molecule has 1 atom stereocenters. The van der Waals surface area contributed by atoms with E-state index in [0.29, 0.717) is 6.07 Å². The highest BCUT2D eigenvalue weighted by atomic mass is 31.0. The molecule has 1 aromatic carbocycles. The number of hydrogen-bond donors (Lipinski definition) is 2. The number of nitrogen functional groups attached to an aromatic ring is 2. The first-order valence-electron chi connectivity index (χ1n) is 7.74. The molecule has 0 radical (unpaired) electrons. The highest BCUT2D eigenvalue weighted by molar-refractivity contribution is 7.27. The summed E-state index contributed by atoms with van der Waals surface area (Å²) in [5.41, 5.74) is 7.94. The SMILES string of the molecule is Nc1c(P)nc(-c2ccc(C(F)(F)F)nc2)nc1C(F)(F)F.Nc1ccccc1. The van der Waals surface area contributed by atoms with Crippen molar-refractivity contribution in [3.05, 3.63) is 60.0 Å². The number of alkyl halides is 6. The standard InChI is InChI=1S/C11H7F6N4P.C6H7N/c12-10(13,14)5-2-1-4(3-19-5)8-20-7(11(15,16)17)6(18)9(22)21-8;7-6-4-2-1-3-5-6/h1-3H,18,22H2;1-5H,7H2. The Balaban J connectivity index is 0.000000360. The normalized spacial score (nSPS) is 11.6. The van der Waals surface area contributed by atoms with Crippen LogP contribution in [0, 0.1) is 0 Å². The molecule has 0 fully saturated rings. The maximum absolute atomic E-state index is 12.8. The van der Waals surface area contributed by atoms with Gasteiger partial charge < -0.3 is 11.5 Å². The van der Waals surface area contributed by atoms with Crippen LogP contribution in [0.4, 0.5) is 37.7 Å². The first-order chi connectivity index (χ1) is 13.4. The summed E-state index contributed by atoms with van der Waals surface area (Å²) in [6, 6.07) is 11.1. The van der Waals surface area contributed by atoms with E-state index in [1.165, 1.54) is 0 Å². The summed E-state index contributed by atoms with van der Waals surface area (Å²) in [5.74, 6) is -0.423. The third-order valence-electron chi connectivity index (χ3n) is 3.36. The van der Waals surface area contributed by atoms with Crippen molar-refractivity contribution >= 4 is 26.0 Å². The molecule has 5 nitrogen and oxygen atoms in total. The fourth-order valence-electron chi connectivity index (χ4n) is 1.98. The lowest BCUT2D eigenvalue weighted by Gasteiger charge is -2.12.